The molecule has 0 atom stereocenters. The number of benzene rings is 2. The highest BCUT2D eigenvalue weighted by Gasteiger charge is 2.29. The molecule has 0 saturated carbocycles. The molecule has 1 amide bonds. The molecule has 0 radical (unpaired) electrons. The quantitative estimate of drug-likeness (QED) is 0.437. The number of aromatic hydroxyl groups is 1. The molecule has 3 aromatic rings. The standard InChI is InChI=1S/C16H10BrN3O4S2/c17-12-7-19-16(26-12)13-10(15(18)22)5-6-11(14(13)20(23)24)25-9-3-1-8(21)2-4-9/h1-7,21H,(H2,18,22). The fourth-order valence-corrected chi connectivity index (χ4v) is 4.47. The van der Waals surface area contributed by atoms with Crippen molar-refractivity contribution in [2.75, 3.05) is 0 Å². The Morgan fingerprint density at radius 1 is 1.27 bits per heavy atom. The summed E-state index contributed by atoms with van der Waals surface area (Å²) >= 11 is 5.59. The molecule has 3 rings (SSSR count). The highest BCUT2D eigenvalue weighted by atomic mass is 79.9. The van der Waals surface area contributed by atoms with Crippen LogP contribution in [0.25, 0.3) is 10.6 Å². The molecule has 0 fully saturated rings. The molecule has 0 saturated heterocycles. The molecular formula is C16H10BrN3O4S2. The minimum atomic E-state index is -0.768. The third kappa shape index (κ3) is 3.71. The first-order chi connectivity index (χ1) is 12.4. The maximum Gasteiger partial charge on any atom is 0.294 e. The van der Waals surface area contributed by atoms with Crippen LogP contribution in [0.5, 0.6) is 5.75 Å². The third-order valence-electron chi connectivity index (χ3n) is 3.34. The highest BCUT2D eigenvalue weighted by molar-refractivity contribution is 9.11. The SMILES string of the molecule is NC(=O)c1ccc(Sc2ccc(O)cc2)c([N+](=O)[O-])c1-c1ncc(Br)s1. The Balaban J connectivity index is 2.21. The minimum Gasteiger partial charge on any atom is -0.508 e. The molecule has 1 heterocycles. The van der Waals surface area contributed by atoms with Crippen molar-refractivity contribution >= 4 is 50.6 Å². The zero-order valence-corrected chi connectivity index (χ0v) is 16.1. The summed E-state index contributed by atoms with van der Waals surface area (Å²) in [5.74, 6) is -0.670. The zero-order valence-electron chi connectivity index (χ0n) is 12.9. The van der Waals surface area contributed by atoms with Gasteiger partial charge in [0, 0.05) is 4.90 Å². The lowest BCUT2D eigenvalue weighted by atomic mass is 10.1. The van der Waals surface area contributed by atoms with Gasteiger partial charge in [0.2, 0.25) is 5.91 Å². The van der Waals surface area contributed by atoms with Crippen LogP contribution in [0.2, 0.25) is 0 Å². The Bertz CT molecular complexity index is 1010. The van der Waals surface area contributed by atoms with E-state index in [1.807, 2.05) is 0 Å². The van der Waals surface area contributed by atoms with Gasteiger partial charge in [-0.1, -0.05) is 11.8 Å². The van der Waals surface area contributed by atoms with Crippen LogP contribution in [0.4, 0.5) is 5.69 Å². The van der Waals surface area contributed by atoms with E-state index >= 15 is 0 Å². The van der Waals surface area contributed by atoms with Crippen LogP contribution in [-0.4, -0.2) is 20.9 Å². The number of nitro groups is 1. The van der Waals surface area contributed by atoms with Gasteiger partial charge in [-0.15, -0.1) is 11.3 Å². The lowest BCUT2D eigenvalue weighted by molar-refractivity contribution is -0.387. The van der Waals surface area contributed by atoms with Crippen LogP contribution < -0.4 is 5.73 Å². The van der Waals surface area contributed by atoms with E-state index in [0.717, 1.165) is 11.8 Å². The summed E-state index contributed by atoms with van der Waals surface area (Å²) < 4.78 is 0.675. The van der Waals surface area contributed by atoms with Gasteiger partial charge < -0.3 is 10.8 Å². The van der Waals surface area contributed by atoms with Gasteiger partial charge in [0.1, 0.15) is 16.3 Å². The normalized spacial score (nSPS) is 10.7. The van der Waals surface area contributed by atoms with Gasteiger partial charge in [-0.25, -0.2) is 4.98 Å². The minimum absolute atomic E-state index is 0.0357. The largest absolute Gasteiger partial charge is 0.508 e. The van der Waals surface area contributed by atoms with Crippen molar-refractivity contribution in [3.63, 3.8) is 0 Å². The number of nitro benzene ring substituents is 1. The summed E-state index contributed by atoms with van der Waals surface area (Å²) in [6, 6.07) is 9.22. The number of phenols is 1. The second-order valence-corrected chi connectivity index (χ2v) is 8.55. The lowest BCUT2D eigenvalue weighted by Gasteiger charge is -2.10. The first-order valence-electron chi connectivity index (χ1n) is 7.06. The van der Waals surface area contributed by atoms with E-state index in [4.69, 9.17) is 5.73 Å². The molecule has 3 N–H and O–H groups in total. The van der Waals surface area contributed by atoms with Crippen molar-refractivity contribution in [1.82, 2.24) is 4.98 Å². The van der Waals surface area contributed by atoms with E-state index in [2.05, 4.69) is 20.9 Å². The molecular weight excluding hydrogens is 442 g/mol. The summed E-state index contributed by atoms with van der Waals surface area (Å²) in [7, 11) is 0. The first-order valence-corrected chi connectivity index (χ1v) is 9.49. The average Bonchev–Trinajstić information content (AvgIpc) is 3.02. The van der Waals surface area contributed by atoms with E-state index in [-0.39, 0.29) is 22.6 Å². The van der Waals surface area contributed by atoms with Crippen molar-refractivity contribution in [2.24, 2.45) is 5.73 Å². The van der Waals surface area contributed by atoms with Crippen LogP contribution in [-0.2, 0) is 0 Å². The van der Waals surface area contributed by atoms with Gasteiger partial charge in [-0.3, -0.25) is 14.9 Å². The molecule has 26 heavy (non-hydrogen) atoms. The van der Waals surface area contributed by atoms with Crippen LogP contribution in [0.1, 0.15) is 10.4 Å². The Hall–Kier alpha value is -2.43. The van der Waals surface area contributed by atoms with Gasteiger partial charge in [-0.2, -0.15) is 0 Å². The summed E-state index contributed by atoms with van der Waals surface area (Å²) in [6.07, 6.45) is 1.51. The van der Waals surface area contributed by atoms with Gasteiger partial charge in [0.05, 0.1) is 25.4 Å². The van der Waals surface area contributed by atoms with E-state index < -0.39 is 10.8 Å². The van der Waals surface area contributed by atoms with Crippen molar-refractivity contribution in [3.8, 4) is 16.3 Å². The smallest absolute Gasteiger partial charge is 0.294 e. The Morgan fingerprint density at radius 3 is 2.50 bits per heavy atom. The van der Waals surface area contributed by atoms with Gasteiger partial charge in [0.15, 0.2) is 0 Å². The van der Waals surface area contributed by atoms with Crippen LogP contribution in [0.15, 0.2) is 56.2 Å². The molecule has 0 aliphatic heterocycles. The lowest BCUT2D eigenvalue weighted by Crippen LogP contribution is -2.13. The molecule has 0 spiro atoms. The monoisotopic (exact) mass is 451 g/mol. The second-order valence-electron chi connectivity index (χ2n) is 5.02. The van der Waals surface area contributed by atoms with Crippen molar-refractivity contribution < 1.29 is 14.8 Å². The van der Waals surface area contributed by atoms with Crippen LogP contribution >= 0.6 is 39.0 Å². The number of aromatic nitrogens is 1. The van der Waals surface area contributed by atoms with Gasteiger partial charge in [0.25, 0.3) is 5.69 Å². The molecule has 2 aromatic carbocycles. The predicted molar refractivity (Wildman–Crippen MR) is 103 cm³/mol. The van der Waals surface area contributed by atoms with E-state index in [1.165, 1.54) is 41.8 Å². The third-order valence-corrected chi connectivity index (χ3v) is 5.90. The summed E-state index contributed by atoms with van der Waals surface area (Å²) in [5, 5.41) is 21.5. The molecule has 0 bridgehead atoms. The topological polar surface area (TPSA) is 119 Å². The van der Waals surface area contributed by atoms with Crippen LogP contribution in [0.3, 0.4) is 0 Å². The fraction of sp³-hybridized carbons (Fsp3) is 0. The van der Waals surface area contributed by atoms with Gasteiger partial charge >= 0.3 is 0 Å². The Morgan fingerprint density at radius 2 is 1.96 bits per heavy atom. The number of primary amides is 1. The maximum absolute atomic E-state index is 11.8. The Labute approximate surface area is 164 Å². The molecule has 0 unspecified atom stereocenters. The first kappa shape index (κ1) is 18.4. The Kier molecular flexibility index (Phi) is 5.25. The summed E-state index contributed by atoms with van der Waals surface area (Å²) in [6.45, 7) is 0. The van der Waals surface area contributed by atoms with Crippen molar-refractivity contribution in [2.45, 2.75) is 9.79 Å². The van der Waals surface area contributed by atoms with E-state index in [9.17, 15) is 20.0 Å². The molecule has 7 nitrogen and oxygen atoms in total. The molecule has 132 valence electrons. The second kappa shape index (κ2) is 7.44. The van der Waals surface area contributed by atoms with Crippen molar-refractivity contribution in [3.05, 3.63) is 62.1 Å². The zero-order chi connectivity index (χ0) is 18.8. The van der Waals surface area contributed by atoms with Crippen LogP contribution in [0, 0.1) is 10.1 Å². The fourth-order valence-electron chi connectivity index (χ4n) is 2.27. The molecule has 0 aliphatic carbocycles. The number of rotatable bonds is 5. The van der Waals surface area contributed by atoms with E-state index in [0.29, 0.717) is 18.6 Å². The number of amides is 1. The summed E-state index contributed by atoms with van der Waals surface area (Å²) in [5.41, 5.74) is 5.32. The number of halogens is 1. The molecule has 0 aliphatic rings. The van der Waals surface area contributed by atoms with E-state index in [1.54, 1.807) is 12.1 Å². The van der Waals surface area contributed by atoms with Crippen molar-refractivity contribution in [1.29, 1.82) is 0 Å². The highest BCUT2D eigenvalue weighted by Crippen LogP contribution is 2.44. The predicted octanol–water partition coefficient (Wildman–Crippen LogP) is 4.44. The molecule has 1 aromatic heterocycles. The maximum atomic E-state index is 11.8. The number of carbonyl (C=O) groups excluding carboxylic acids is 1. The number of hydrogen-bond donors (Lipinski definition) is 2. The number of thiazole rings is 1. The number of carbonyl (C=O) groups is 1. The number of nitrogens with zero attached hydrogens (tertiary/aromatic N) is 2. The number of hydrogen-bond acceptors (Lipinski definition) is 7. The average molecular weight is 452 g/mol. The van der Waals surface area contributed by atoms with Gasteiger partial charge in [-0.05, 0) is 52.3 Å². The molecule has 10 heteroatoms. The summed E-state index contributed by atoms with van der Waals surface area (Å²) in [4.78, 5) is 28.3. The number of nitrogens with two attached hydrogens (primary N) is 1. The number of phenolic OH excluding ortho intramolecular Hbond substituents is 1.